The van der Waals surface area contributed by atoms with E-state index in [2.05, 4.69) is 0 Å². The van der Waals surface area contributed by atoms with E-state index in [1.165, 1.54) is 12.1 Å². The van der Waals surface area contributed by atoms with Crippen molar-refractivity contribution in [3.05, 3.63) is 65.7 Å². The summed E-state index contributed by atoms with van der Waals surface area (Å²) < 4.78 is 0. The van der Waals surface area contributed by atoms with E-state index < -0.39 is 5.97 Å². The summed E-state index contributed by atoms with van der Waals surface area (Å²) in [6.45, 7) is 0. The Hall–Kier alpha value is -3.46. The van der Waals surface area contributed by atoms with Crippen LogP contribution in [0.5, 0.6) is 0 Å². The molecule has 0 spiro atoms. The Morgan fingerprint density at radius 2 is 1.55 bits per heavy atom. The lowest BCUT2D eigenvalue weighted by Crippen LogP contribution is -2.10. The molecule has 0 aliphatic carbocycles. The normalized spacial score (nSPS) is 8.86. The zero-order chi connectivity index (χ0) is 16.5. The van der Waals surface area contributed by atoms with Crippen molar-refractivity contribution in [2.24, 2.45) is 0 Å². The van der Waals surface area contributed by atoms with Crippen LogP contribution < -0.4 is 5.73 Å². The molecule has 6 heteroatoms. The van der Waals surface area contributed by atoms with Gasteiger partial charge in [-0.05, 0) is 24.3 Å². The molecule has 0 fully saturated rings. The van der Waals surface area contributed by atoms with E-state index in [-0.39, 0.29) is 17.0 Å². The van der Waals surface area contributed by atoms with Crippen molar-refractivity contribution in [2.75, 3.05) is 5.73 Å². The minimum absolute atomic E-state index is 0.0295. The predicted octanol–water partition coefficient (Wildman–Crippen LogP) is 2.56. The molecule has 2 aromatic carbocycles. The molecule has 0 bridgehead atoms. The number of rotatable bonds is 3. The van der Waals surface area contributed by atoms with Crippen molar-refractivity contribution in [1.82, 2.24) is 0 Å². The van der Waals surface area contributed by atoms with Crippen LogP contribution in [0.4, 0.5) is 5.69 Å². The van der Waals surface area contributed by atoms with E-state index >= 15 is 0 Å². The molecule has 6 nitrogen and oxygen atoms in total. The third-order valence-electron chi connectivity index (χ3n) is 2.58. The Morgan fingerprint density at radius 3 is 2.00 bits per heavy atom. The summed E-state index contributed by atoms with van der Waals surface area (Å²) in [4.78, 5) is 10.3. The number of aromatic carboxylic acids is 1. The first-order valence-electron chi connectivity index (χ1n) is 6.17. The molecule has 0 aliphatic rings. The molecule has 0 aromatic heterocycles. The van der Waals surface area contributed by atoms with E-state index in [1.54, 1.807) is 42.5 Å². The van der Waals surface area contributed by atoms with Gasteiger partial charge in [0.15, 0.2) is 5.71 Å². The number of carboxylic acid groups (broad SMARTS) is 1. The summed E-state index contributed by atoms with van der Waals surface area (Å²) in [5, 5.41) is 31.3. The predicted molar refractivity (Wildman–Crippen MR) is 84.4 cm³/mol. The number of carboxylic acids is 1. The minimum atomic E-state index is -0.931. The summed E-state index contributed by atoms with van der Waals surface area (Å²) in [6.07, 6.45) is 0. The quantitative estimate of drug-likeness (QED) is 0.511. The molecule has 2 aromatic rings. The van der Waals surface area contributed by atoms with Gasteiger partial charge in [0, 0.05) is 11.3 Å². The number of hydrogen-bond donors (Lipinski definition) is 4. The van der Waals surface area contributed by atoms with Gasteiger partial charge in [-0.2, -0.15) is 5.26 Å². The zero-order valence-corrected chi connectivity index (χ0v) is 11.6. The largest absolute Gasteiger partial charge is 0.478 e. The van der Waals surface area contributed by atoms with Crippen molar-refractivity contribution in [2.45, 2.75) is 0 Å². The topological polar surface area (TPSA) is 135 Å². The van der Waals surface area contributed by atoms with Crippen LogP contribution in [0.25, 0.3) is 0 Å². The SMILES string of the molecule is N#CC(=N)C(=N)c1ccccc1.Nc1ccc(C(=O)O)cc1. The van der Waals surface area contributed by atoms with E-state index in [1.807, 2.05) is 6.07 Å². The van der Waals surface area contributed by atoms with Gasteiger partial charge in [0.2, 0.25) is 0 Å². The number of nitrogen functional groups attached to an aromatic ring is 1. The molecule has 0 saturated heterocycles. The summed E-state index contributed by atoms with van der Waals surface area (Å²) in [6, 6.07) is 16.5. The van der Waals surface area contributed by atoms with Crippen LogP contribution >= 0.6 is 0 Å². The molecule has 2 rings (SSSR count). The Morgan fingerprint density at radius 1 is 1.00 bits per heavy atom. The van der Waals surface area contributed by atoms with E-state index in [0.29, 0.717) is 11.3 Å². The lowest BCUT2D eigenvalue weighted by molar-refractivity contribution is 0.0697. The second-order valence-corrected chi connectivity index (χ2v) is 4.15. The summed E-state index contributed by atoms with van der Waals surface area (Å²) in [7, 11) is 0. The average molecular weight is 294 g/mol. The standard InChI is InChI=1S/C9H7N3.C7H7NO2/c10-6-8(11)9(12)7-4-2-1-3-5-7;8-6-3-1-5(2-4-6)7(9)10/h1-5,11-12H;1-4H,8H2,(H,9,10). The van der Waals surface area contributed by atoms with Crippen molar-refractivity contribution in [3.63, 3.8) is 0 Å². The van der Waals surface area contributed by atoms with Gasteiger partial charge >= 0.3 is 5.97 Å². The van der Waals surface area contributed by atoms with Crippen LogP contribution in [0, 0.1) is 22.1 Å². The Balaban J connectivity index is 0.000000224. The highest BCUT2D eigenvalue weighted by molar-refractivity contribution is 6.51. The third kappa shape index (κ3) is 4.90. The smallest absolute Gasteiger partial charge is 0.335 e. The van der Waals surface area contributed by atoms with Gasteiger partial charge in [-0.1, -0.05) is 30.3 Å². The van der Waals surface area contributed by atoms with Gasteiger partial charge in [0.05, 0.1) is 11.3 Å². The lowest BCUT2D eigenvalue weighted by atomic mass is 10.1. The highest BCUT2D eigenvalue weighted by atomic mass is 16.4. The molecule has 0 aliphatic heterocycles. The minimum Gasteiger partial charge on any atom is -0.478 e. The number of carbonyl (C=O) groups is 1. The molecular formula is C16H14N4O2. The summed E-state index contributed by atoms with van der Waals surface area (Å²) in [5.74, 6) is -0.931. The van der Waals surface area contributed by atoms with Gasteiger partial charge in [-0.25, -0.2) is 4.79 Å². The molecule has 0 heterocycles. The lowest BCUT2D eigenvalue weighted by Gasteiger charge is -1.97. The summed E-state index contributed by atoms with van der Waals surface area (Å²) in [5.41, 5.74) is 6.43. The fourth-order valence-electron chi connectivity index (χ4n) is 1.43. The second-order valence-electron chi connectivity index (χ2n) is 4.15. The average Bonchev–Trinajstić information content (AvgIpc) is 2.55. The van der Waals surface area contributed by atoms with Crippen LogP contribution in [-0.2, 0) is 0 Å². The monoisotopic (exact) mass is 294 g/mol. The van der Waals surface area contributed by atoms with Crippen LogP contribution in [0.1, 0.15) is 15.9 Å². The van der Waals surface area contributed by atoms with Crippen LogP contribution in [-0.4, -0.2) is 22.5 Å². The van der Waals surface area contributed by atoms with Crippen LogP contribution in [0.2, 0.25) is 0 Å². The van der Waals surface area contributed by atoms with E-state index in [9.17, 15) is 4.79 Å². The van der Waals surface area contributed by atoms with Gasteiger partial charge < -0.3 is 10.8 Å². The van der Waals surface area contributed by atoms with Gasteiger partial charge in [0.25, 0.3) is 0 Å². The van der Waals surface area contributed by atoms with Crippen molar-refractivity contribution >= 4 is 23.1 Å². The first kappa shape index (κ1) is 16.6. The molecule has 5 N–H and O–H groups in total. The number of nitrogens with two attached hydrogens (primary N) is 1. The molecule has 110 valence electrons. The molecule has 22 heavy (non-hydrogen) atoms. The number of hydrogen-bond acceptors (Lipinski definition) is 5. The van der Waals surface area contributed by atoms with Gasteiger partial charge in [-0.3, -0.25) is 10.8 Å². The Kier molecular flexibility index (Phi) is 6.01. The van der Waals surface area contributed by atoms with Crippen molar-refractivity contribution in [1.29, 1.82) is 16.1 Å². The molecule has 0 amide bonds. The maximum absolute atomic E-state index is 10.3. The highest BCUT2D eigenvalue weighted by Gasteiger charge is 2.04. The molecule has 0 unspecified atom stereocenters. The maximum atomic E-state index is 10.3. The first-order valence-corrected chi connectivity index (χ1v) is 6.17. The van der Waals surface area contributed by atoms with Crippen LogP contribution in [0.15, 0.2) is 54.6 Å². The van der Waals surface area contributed by atoms with Gasteiger partial charge in [-0.15, -0.1) is 0 Å². The number of nitrogens with zero attached hydrogens (tertiary/aromatic N) is 1. The van der Waals surface area contributed by atoms with Crippen LogP contribution in [0.3, 0.4) is 0 Å². The number of nitrogens with one attached hydrogen (secondary N) is 2. The number of anilines is 1. The fraction of sp³-hybridized carbons (Fsp3) is 0. The van der Waals surface area contributed by atoms with Crippen molar-refractivity contribution < 1.29 is 9.90 Å². The zero-order valence-electron chi connectivity index (χ0n) is 11.6. The summed E-state index contributed by atoms with van der Waals surface area (Å²) >= 11 is 0. The van der Waals surface area contributed by atoms with E-state index in [4.69, 9.17) is 26.9 Å². The molecular weight excluding hydrogens is 280 g/mol. The number of benzene rings is 2. The van der Waals surface area contributed by atoms with Gasteiger partial charge in [0.1, 0.15) is 6.07 Å². The Labute approximate surface area is 127 Å². The van der Waals surface area contributed by atoms with Crippen molar-refractivity contribution in [3.8, 4) is 6.07 Å². The highest BCUT2D eigenvalue weighted by Crippen LogP contribution is 2.04. The first-order chi connectivity index (χ1) is 10.5. The fourth-order valence-corrected chi connectivity index (χ4v) is 1.43. The second kappa shape index (κ2) is 7.97. The number of nitriles is 1. The van der Waals surface area contributed by atoms with E-state index in [0.717, 1.165) is 0 Å². The third-order valence-corrected chi connectivity index (χ3v) is 2.58. The molecule has 0 radical (unpaired) electrons. The molecule has 0 atom stereocenters. The Bertz CT molecular complexity index is 716. The maximum Gasteiger partial charge on any atom is 0.335 e. The molecule has 0 saturated carbocycles.